The average molecular weight is 278 g/mol. The van der Waals surface area contributed by atoms with E-state index in [1.54, 1.807) is 6.07 Å². The Morgan fingerprint density at radius 2 is 2.00 bits per heavy atom. The summed E-state index contributed by atoms with van der Waals surface area (Å²) in [5.74, 6) is 0. The third-order valence-electron chi connectivity index (χ3n) is 2.25. The molecule has 2 rings (SSSR count). The highest BCUT2D eigenvalue weighted by Crippen LogP contribution is 2.25. The van der Waals surface area contributed by atoms with Crippen LogP contribution in [0, 0.1) is 0 Å². The number of aromatic nitrogens is 2. The summed E-state index contributed by atoms with van der Waals surface area (Å²) in [5.41, 5.74) is 0.146. The van der Waals surface area contributed by atoms with Crippen molar-refractivity contribution in [1.29, 1.82) is 0 Å². The summed E-state index contributed by atoms with van der Waals surface area (Å²) in [5, 5.41) is 1.24. The molecule has 16 heavy (non-hydrogen) atoms. The highest BCUT2D eigenvalue weighted by molar-refractivity contribution is 6.38. The number of hydrogen-bond acceptors (Lipinski definition) is 2. The number of benzene rings is 1. The first-order chi connectivity index (χ1) is 7.54. The Morgan fingerprint density at radius 3 is 2.62 bits per heavy atom. The van der Waals surface area contributed by atoms with Gasteiger partial charge in [0.25, 0.3) is 5.56 Å². The first-order valence-electron chi connectivity index (χ1n) is 4.59. The van der Waals surface area contributed by atoms with Gasteiger partial charge in [0.15, 0.2) is 0 Å². The summed E-state index contributed by atoms with van der Waals surface area (Å²) in [6, 6.07) is 3.07. The van der Waals surface area contributed by atoms with Crippen LogP contribution in [0.5, 0.6) is 0 Å². The highest BCUT2D eigenvalue weighted by atomic mass is 35.5. The Balaban J connectivity index is 2.99. The highest BCUT2D eigenvalue weighted by Gasteiger charge is 2.11. The number of hydrogen-bond donors (Lipinski definition) is 0. The van der Waals surface area contributed by atoms with E-state index in [4.69, 9.17) is 34.8 Å². The van der Waals surface area contributed by atoms with Gasteiger partial charge >= 0.3 is 0 Å². The fourth-order valence-electron chi connectivity index (χ4n) is 1.50. The second-order valence-corrected chi connectivity index (χ2v) is 4.40. The third kappa shape index (κ3) is 1.79. The van der Waals surface area contributed by atoms with Gasteiger partial charge in [-0.1, -0.05) is 23.2 Å². The summed E-state index contributed by atoms with van der Waals surface area (Å²) in [7, 11) is 0. The Morgan fingerprint density at radius 1 is 1.31 bits per heavy atom. The molecule has 0 aliphatic rings. The van der Waals surface area contributed by atoms with Gasteiger partial charge in [-0.25, -0.2) is 4.98 Å². The van der Waals surface area contributed by atoms with Crippen LogP contribution in [-0.4, -0.2) is 9.55 Å². The summed E-state index contributed by atoms with van der Waals surface area (Å²) < 4.78 is 1.36. The molecule has 6 heteroatoms. The van der Waals surface area contributed by atoms with Gasteiger partial charge < -0.3 is 0 Å². The molecule has 0 atom stereocenters. The molecule has 1 aromatic heterocycles. The van der Waals surface area contributed by atoms with E-state index in [9.17, 15) is 4.79 Å². The van der Waals surface area contributed by atoms with Crippen molar-refractivity contribution in [2.24, 2.45) is 0 Å². The predicted octanol–water partition coefficient (Wildman–Crippen LogP) is 3.38. The fourth-order valence-corrected chi connectivity index (χ4v) is 2.31. The van der Waals surface area contributed by atoms with Crippen LogP contribution in [-0.2, 0) is 6.54 Å². The monoisotopic (exact) mass is 276 g/mol. The summed E-state index contributed by atoms with van der Waals surface area (Å²) in [6.45, 7) is 2.26. The minimum absolute atomic E-state index is 0.129. The van der Waals surface area contributed by atoms with E-state index >= 15 is 0 Å². The van der Waals surface area contributed by atoms with E-state index in [-0.39, 0.29) is 10.8 Å². The van der Waals surface area contributed by atoms with Crippen molar-refractivity contribution in [1.82, 2.24) is 9.55 Å². The lowest BCUT2D eigenvalue weighted by atomic mass is 10.2. The zero-order valence-electron chi connectivity index (χ0n) is 8.30. The minimum atomic E-state index is -0.234. The second kappa shape index (κ2) is 4.24. The average Bonchev–Trinajstić information content (AvgIpc) is 2.21. The topological polar surface area (TPSA) is 34.9 Å². The van der Waals surface area contributed by atoms with Crippen molar-refractivity contribution >= 4 is 45.7 Å². The largest absolute Gasteiger partial charge is 0.283 e. The third-order valence-corrected chi connectivity index (χ3v) is 3.04. The van der Waals surface area contributed by atoms with Crippen LogP contribution in [0.25, 0.3) is 10.9 Å². The maximum absolute atomic E-state index is 12.0. The van der Waals surface area contributed by atoms with E-state index in [1.807, 2.05) is 6.92 Å². The maximum atomic E-state index is 12.0. The van der Waals surface area contributed by atoms with Crippen molar-refractivity contribution < 1.29 is 0 Å². The SMILES string of the molecule is CCn1c(Cl)nc2c(Cl)cc(Cl)cc2c1=O. The van der Waals surface area contributed by atoms with Crippen LogP contribution in [0.4, 0.5) is 0 Å². The molecule has 0 amide bonds. The van der Waals surface area contributed by atoms with Gasteiger partial charge in [0.05, 0.1) is 15.9 Å². The molecule has 0 unspecified atom stereocenters. The smallest absolute Gasteiger partial charge is 0.262 e. The molecule has 0 aliphatic heterocycles. The minimum Gasteiger partial charge on any atom is -0.283 e. The Kier molecular flexibility index (Phi) is 3.10. The van der Waals surface area contributed by atoms with E-state index < -0.39 is 0 Å². The first-order valence-corrected chi connectivity index (χ1v) is 5.73. The Labute approximate surface area is 107 Å². The van der Waals surface area contributed by atoms with Gasteiger partial charge in [-0.2, -0.15) is 0 Å². The normalized spacial score (nSPS) is 11.0. The molecule has 3 nitrogen and oxygen atoms in total. The van der Waals surface area contributed by atoms with Crippen molar-refractivity contribution in [2.45, 2.75) is 13.5 Å². The van der Waals surface area contributed by atoms with Crippen molar-refractivity contribution in [3.05, 3.63) is 37.8 Å². The summed E-state index contributed by atoms with van der Waals surface area (Å²) in [6.07, 6.45) is 0. The molecule has 0 spiro atoms. The van der Waals surface area contributed by atoms with E-state index in [1.165, 1.54) is 10.6 Å². The van der Waals surface area contributed by atoms with Crippen LogP contribution in [0.15, 0.2) is 16.9 Å². The Bertz CT molecular complexity index is 621. The van der Waals surface area contributed by atoms with Gasteiger partial charge in [-0.05, 0) is 30.7 Å². The van der Waals surface area contributed by atoms with Crippen molar-refractivity contribution in [3.63, 3.8) is 0 Å². The van der Waals surface area contributed by atoms with Gasteiger partial charge in [-0.15, -0.1) is 0 Å². The molecule has 0 bridgehead atoms. The lowest BCUT2D eigenvalue weighted by Crippen LogP contribution is -2.21. The Hall–Kier alpha value is -0.770. The zero-order valence-corrected chi connectivity index (χ0v) is 10.6. The van der Waals surface area contributed by atoms with Crippen LogP contribution in [0.3, 0.4) is 0 Å². The predicted molar refractivity (Wildman–Crippen MR) is 66.7 cm³/mol. The molecular formula is C10H7Cl3N2O. The molecule has 0 radical (unpaired) electrons. The molecule has 1 heterocycles. The number of halogens is 3. The molecule has 0 saturated heterocycles. The second-order valence-electron chi connectivity index (χ2n) is 3.21. The van der Waals surface area contributed by atoms with E-state index in [0.717, 1.165) is 0 Å². The summed E-state index contributed by atoms with van der Waals surface area (Å²) >= 11 is 17.7. The van der Waals surface area contributed by atoms with E-state index in [2.05, 4.69) is 4.98 Å². The van der Waals surface area contributed by atoms with Crippen LogP contribution in [0.2, 0.25) is 15.3 Å². The van der Waals surface area contributed by atoms with Crippen LogP contribution in [0.1, 0.15) is 6.92 Å². The van der Waals surface area contributed by atoms with Crippen molar-refractivity contribution in [3.8, 4) is 0 Å². The van der Waals surface area contributed by atoms with Gasteiger partial charge in [0, 0.05) is 11.6 Å². The molecule has 0 aliphatic carbocycles. The molecule has 1 aromatic carbocycles. The molecule has 0 saturated carbocycles. The van der Waals surface area contributed by atoms with Gasteiger partial charge in [0.2, 0.25) is 5.28 Å². The van der Waals surface area contributed by atoms with Crippen molar-refractivity contribution in [2.75, 3.05) is 0 Å². The number of nitrogens with zero attached hydrogens (tertiary/aromatic N) is 2. The first kappa shape index (κ1) is 11.7. The molecule has 0 N–H and O–H groups in total. The lowest BCUT2D eigenvalue weighted by molar-refractivity contribution is 0.719. The zero-order chi connectivity index (χ0) is 11.9. The molecule has 2 aromatic rings. The molecule has 0 fully saturated rings. The lowest BCUT2D eigenvalue weighted by Gasteiger charge is -2.07. The van der Waals surface area contributed by atoms with Crippen LogP contribution >= 0.6 is 34.8 Å². The molecule has 84 valence electrons. The van der Waals surface area contributed by atoms with Gasteiger partial charge in [0.1, 0.15) is 0 Å². The maximum Gasteiger partial charge on any atom is 0.262 e. The quantitative estimate of drug-likeness (QED) is 0.749. The number of fused-ring (bicyclic) bond motifs is 1. The van der Waals surface area contributed by atoms with E-state index in [0.29, 0.717) is 27.5 Å². The fraction of sp³-hybridized carbons (Fsp3) is 0.200. The standard InChI is InChI=1S/C10H7Cl3N2O/c1-2-15-9(16)6-3-5(11)4-7(12)8(6)14-10(15)13/h3-4H,2H2,1H3. The van der Waals surface area contributed by atoms with Gasteiger partial charge in [-0.3, -0.25) is 9.36 Å². The molecular weight excluding hydrogens is 270 g/mol. The number of rotatable bonds is 1. The van der Waals surface area contributed by atoms with Crippen LogP contribution < -0.4 is 5.56 Å². The summed E-state index contributed by atoms with van der Waals surface area (Å²) in [4.78, 5) is 16.1.